The lowest BCUT2D eigenvalue weighted by Gasteiger charge is -2.51. The molecule has 2 fully saturated rings. The van der Waals surface area contributed by atoms with Crippen LogP contribution in [0.15, 0.2) is 54.6 Å². The van der Waals surface area contributed by atoms with Crippen LogP contribution in [0, 0.1) is 17.8 Å². The van der Waals surface area contributed by atoms with E-state index in [2.05, 4.69) is 82.0 Å². The number of rotatable bonds is 4. The molecule has 0 bridgehead atoms. The molecular weight excluding hydrogens is 546 g/mol. The third-order valence-corrected chi connectivity index (χ3v) is 10.3. The number of morpholine rings is 1. The number of phenols is 1. The minimum absolute atomic E-state index is 0.148. The van der Waals surface area contributed by atoms with Crippen molar-refractivity contribution < 1.29 is 19.3 Å². The second-order valence-electron chi connectivity index (χ2n) is 14.9. The van der Waals surface area contributed by atoms with Crippen LogP contribution in [0.2, 0.25) is 0 Å². The molecule has 5 heteroatoms. The van der Waals surface area contributed by atoms with Gasteiger partial charge in [0.15, 0.2) is 0 Å². The zero-order valence-corrected chi connectivity index (χ0v) is 27.3. The molecule has 7 rings (SSSR count). The largest absolute Gasteiger partial charge is 0.507 e. The minimum Gasteiger partial charge on any atom is -0.507 e. The Morgan fingerprint density at radius 1 is 0.727 bits per heavy atom. The average molecular weight is 592 g/mol. The van der Waals surface area contributed by atoms with Crippen molar-refractivity contribution in [2.75, 3.05) is 45.4 Å². The fourth-order valence-corrected chi connectivity index (χ4v) is 9.32. The molecule has 1 aliphatic heterocycles. The van der Waals surface area contributed by atoms with E-state index >= 15 is 0 Å². The standard InChI is InChI=1S/C39H45NO4/c1-24-8-10-27-31(16-24)39(22-37(2,3)21-38(4,5)23-39)32-20-34(41)29-18-28(26-11-9-25(42-6)17-35(26)43-7)33(19-30(29)36(27)32)40-12-14-44-15-13-40/h8-11,16-20,41H,12-15,21-23H2,1-7H3. The monoisotopic (exact) mass is 591 g/mol. The van der Waals surface area contributed by atoms with E-state index in [0.717, 1.165) is 65.0 Å². The lowest BCUT2D eigenvalue weighted by Crippen LogP contribution is -2.43. The molecule has 0 amide bonds. The van der Waals surface area contributed by atoms with Gasteiger partial charge >= 0.3 is 0 Å². The van der Waals surface area contributed by atoms with E-state index in [0.29, 0.717) is 19.0 Å². The molecule has 0 aromatic heterocycles. The Bertz CT molecular complexity index is 1760. The van der Waals surface area contributed by atoms with Gasteiger partial charge in [-0.1, -0.05) is 51.5 Å². The molecule has 4 aromatic carbocycles. The summed E-state index contributed by atoms with van der Waals surface area (Å²) in [7, 11) is 3.37. The number of hydrogen-bond donors (Lipinski definition) is 1. The molecule has 230 valence electrons. The zero-order valence-electron chi connectivity index (χ0n) is 27.3. The van der Waals surface area contributed by atoms with Gasteiger partial charge in [0.2, 0.25) is 0 Å². The summed E-state index contributed by atoms with van der Waals surface area (Å²) in [6, 6.07) is 19.6. The number of aryl methyl sites for hydroxylation is 1. The molecule has 1 N–H and O–H groups in total. The quantitative estimate of drug-likeness (QED) is 0.257. The molecule has 44 heavy (non-hydrogen) atoms. The van der Waals surface area contributed by atoms with Gasteiger partial charge < -0.3 is 24.2 Å². The molecule has 1 spiro atoms. The van der Waals surface area contributed by atoms with Crippen molar-refractivity contribution >= 4 is 16.5 Å². The van der Waals surface area contributed by atoms with E-state index in [1.165, 1.54) is 34.2 Å². The number of phenolic OH excluding ortho intramolecular Hbond substituents is 1. The van der Waals surface area contributed by atoms with Gasteiger partial charge in [0.05, 0.1) is 27.4 Å². The number of methoxy groups -OCH3 is 2. The van der Waals surface area contributed by atoms with Crippen molar-refractivity contribution in [3.63, 3.8) is 0 Å². The normalized spacial score (nSPS) is 19.6. The van der Waals surface area contributed by atoms with Crippen LogP contribution < -0.4 is 14.4 Å². The Labute approximate surface area is 261 Å². The molecule has 5 nitrogen and oxygen atoms in total. The van der Waals surface area contributed by atoms with E-state index in [4.69, 9.17) is 14.2 Å². The predicted octanol–water partition coefficient (Wildman–Crippen LogP) is 8.88. The Kier molecular flexibility index (Phi) is 6.71. The topological polar surface area (TPSA) is 51.2 Å². The molecule has 4 aromatic rings. The lowest BCUT2D eigenvalue weighted by molar-refractivity contribution is 0.0645. The summed E-state index contributed by atoms with van der Waals surface area (Å²) >= 11 is 0. The van der Waals surface area contributed by atoms with Crippen LogP contribution >= 0.6 is 0 Å². The van der Waals surface area contributed by atoms with Crippen molar-refractivity contribution in [2.45, 2.75) is 59.3 Å². The SMILES string of the molecule is COc1ccc(-c2cc3c(O)cc4c(c3cc2N2CCOCC2)-c2ccc(C)cc2C42CC(C)(C)CC(C)(C)C2)c(OC)c1. The fraction of sp³-hybridized carbons (Fsp3) is 0.436. The second-order valence-corrected chi connectivity index (χ2v) is 14.9. The molecule has 0 unspecified atom stereocenters. The minimum atomic E-state index is -0.148. The predicted molar refractivity (Wildman–Crippen MR) is 180 cm³/mol. The summed E-state index contributed by atoms with van der Waals surface area (Å²) in [6.45, 7) is 14.9. The maximum Gasteiger partial charge on any atom is 0.130 e. The maximum atomic E-state index is 11.9. The first-order valence-corrected chi connectivity index (χ1v) is 16.0. The molecule has 0 atom stereocenters. The summed E-state index contributed by atoms with van der Waals surface area (Å²) in [4.78, 5) is 2.42. The highest BCUT2D eigenvalue weighted by Gasteiger charge is 2.53. The van der Waals surface area contributed by atoms with Gasteiger partial charge in [0.1, 0.15) is 17.2 Å². The van der Waals surface area contributed by atoms with E-state index in [1.807, 2.05) is 12.1 Å². The van der Waals surface area contributed by atoms with Crippen molar-refractivity contribution in [2.24, 2.45) is 10.8 Å². The van der Waals surface area contributed by atoms with Crippen LogP contribution in [-0.4, -0.2) is 45.6 Å². The van der Waals surface area contributed by atoms with Gasteiger partial charge in [0.25, 0.3) is 0 Å². The molecule has 1 saturated heterocycles. The van der Waals surface area contributed by atoms with Gasteiger partial charge in [-0.3, -0.25) is 0 Å². The van der Waals surface area contributed by atoms with Crippen molar-refractivity contribution in [1.82, 2.24) is 0 Å². The van der Waals surface area contributed by atoms with Crippen LogP contribution in [0.25, 0.3) is 33.0 Å². The number of fused-ring (bicyclic) bond motifs is 7. The number of nitrogens with zero attached hydrogens (tertiary/aromatic N) is 1. The Morgan fingerprint density at radius 3 is 2.11 bits per heavy atom. The summed E-state index contributed by atoms with van der Waals surface area (Å²) < 4.78 is 17.2. The van der Waals surface area contributed by atoms with Crippen LogP contribution in [0.3, 0.4) is 0 Å². The Hall–Kier alpha value is -3.70. The third kappa shape index (κ3) is 4.54. The average Bonchev–Trinajstić information content (AvgIpc) is 3.22. The summed E-state index contributed by atoms with van der Waals surface area (Å²) in [6.07, 6.45) is 3.32. The van der Waals surface area contributed by atoms with Gasteiger partial charge in [-0.25, -0.2) is 0 Å². The smallest absolute Gasteiger partial charge is 0.130 e. The molecule has 1 heterocycles. The Balaban J connectivity index is 1.55. The third-order valence-electron chi connectivity index (χ3n) is 10.3. The fourth-order valence-electron chi connectivity index (χ4n) is 9.32. The van der Waals surface area contributed by atoms with E-state index in [9.17, 15) is 5.11 Å². The van der Waals surface area contributed by atoms with Gasteiger partial charge in [-0.15, -0.1) is 0 Å². The van der Waals surface area contributed by atoms with Crippen LogP contribution in [-0.2, 0) is 10.2 Å². The zero-order chi connectivity index (χ0) is 31.0. The number of ether oxygens (including phenoxy) is 3. The highest BCUT2D eigenvalue weighted by molar-refractivity contribution is 6.09. The number of anilines is 1. The molecular formula is C39H45NO4. The van der Waals surface area contributed by atoms with Gasteiger partial charge in [-0.2, -0.15) is 0 Å². The van der Waals surface area contributed by atoms with Crippen molar-refractivity contribution in [3.8, 4) is 39.5 Å². The van der Waals surface area contributed by atoms with Gasteiger partial charge in [0, 0.05) is 46.8 Å². The maximum absolute atomic E-state index is 11.9. The highest BCUT2D eigenvalue weighted by Crippen LogP contribution is 2.65. The van der Waals surface area contributed by atoms with Crippen molar-refractivity contribution in [3.05, 3.63) is 71.3 Å². The molecule has 3 aliphatic rings. The van der Waals surface area contributed by atoms with Crippen LogP contribution in [0.1, 0.15) is 63.6 Å². The molecule has 2 aliphatic carbocycles. The first-order chi connectivity index (χ1) is 20.9. The van der Waals surface area contributed by atoms with Crippen LogP contribution in [0.5, 0.6) is 17.2 Å². The highest BCUT2D eigenvalue weighted by atomic mass is 16.5. The number of hydrogen-bond acceptors (Lipinski definition) is 5. The number of benzene rings is 4. The Morgan fingerprint density at radius 2 is 1.43 bits per heavy atom. The van der Waals surface area contributed by atoms with Gasteiger partial charge in [-0.05, 0) is 95.0 Å². The van der Waals surface area contributed by atoms with Crippen molar-refractivity contribution in [1.29, 1.82) is 0 Å². The second kappa shape index (κ2) is 10.2. The van der Waals surface area contributed by atoms with E-state index in [1.54, 1.807) is 14.2 Å². The van der Waals surface area contributed by atoms with E-state index in [-0.39, 0.29) is 16.2 Å². The first-order valence-electron chi connectivity index (χ1n) is 16.0. The summed E-state index contributed by atoms with van der Waals surface area (Å²) in [5.41, 5.74) is 9.92. The molecule has 1 saturated carbocycles. The summed E-state index contributed by atoms with van der Waals surface area (Å²) in [5, 5.41) is 13.9. The van der Waals surface area contributed by atoms with E-state index < -0.39 is 0 Å². The summed E-state index contributed by atoms with van der Waals surface area (Å²) in [5.74, 6) is 1.83. The first kappa shape index (κ1) is 29.0. The van der Waals surface area contributed by atoms with Crippen LogP contribution in [0.4, 0.5) is 5.69 Å². The molecule has 0 radical (unpaired) electrons. The number of aromatic hydroxyl groups is 1. The lowest BCUT2D eigenvalue weighted by atomic mass is 9.52.